The van der Waals surface area contributed by atoms with Crippen molar-refractivity contribution in [1.29, 1.82) is 0 Å². The van der Waals surface area contributed by atoms with Crippen LogP contribution in [0.3, 0.4) is 0 Å². The minimum Gasteiger partial charge on any atom is -0.388 e. The molecule has 1 aliphatic heterocycles. The Hall–Kier alpha value is -2.11. The molecule has 1 atom stereocenters. The maximum atomic E-state index is 13.4. The number of halogens is 1. The molecule has 0 spiro atoms. The van der Waals surface area contributed by atoms with Crippen molar-refractivity contribution in [2.75, 3.05) is 16.2 Å². The number of aliphatic hydroxyl groups is 1. The smallest absolute Gasteiger partial charge is 0.293 e. The van der Waals surface area contributed by atoms with Crippen LogP contribution >= 0.6 is 11.3 Å². The lowest BCUT2D eigenvalue weighted by Gasteiger charge is -2.32. The van der Waals surface area contributed by atoms with Crippen LogP contribution in [0.2, 0.25) is 0 Å². The normalized spacial score (nSPS) is 17.5. The van der Waals surface area contributed by atoms with Gasteiger partial charge in [0, 0.05) is 19.0 Å². The Balaban J connectivity index is 2.00. The number of carbonyl (C=O) groups is 1. The van der Waals surface area contributed by atoms with Gasteiger partial charge in [-0.1, -0.05) is 11.3 Å². The highest BCUT2D eigenvalue weighted by atomic mass is 32.2. The zero-order chi connectivity index (χ0) is 17.5. The van der Waals surface area contributed by atoms with Gasteiger partial charge >= 0.3 is 0 Å². The molecule has 2 N–H and O–H groups in total. The average molecular weight is 372 g/mol. The van der Waals surface area contributed by atoms with Gasteiger partial charge in [-0.2, -0.15) is 8.42 Å². The fourth-order valence-corrected chi connectivity index (χ4v) is 4.95. The molecular weight excluding hydrogens is 359 g/mol. The van der Waals surface area contributed by atoms with E-state index in [-0.39, 0.29) is 33.7 Å². The van der Waals surface area contributed by atoms with Gasteiger partial charge in [0.15, 0.2) is 0 Å². The summed E-state index contributed by atoms with van der Waals surface area (Å²) >= 11 is 0.720. The molecule has 0 fully saturated rings. The first-order valence-corrected chi connectivity index (χ1v) is 9.16. The summed E-state index contributed by atoms with van der Waals surface area (Å²) < 4.78 is 39.7. The standard InChI is InChI=1S/C13H13FN4O4S2/c1-7(19)15-12-16-17-13(23-12)24(21,22)18-5-4-11(20)9-6-8(14)2-3-10(9)18/h2-3,6,11,20H,4-5H2,1H3,(H,15,16,19). The lowest BCUT2D eigenvalue weighted by atomic mass is 10.0. The number of hydrogen-bond acceptors (Lipinski definition) is 7. The van der Waals surface area contributed by atoms with E-state index >= 15 is 0 Å². The maximum Gasteiger partial charge on any atom is 0.293 e. The Bertz CT molecular complexity index is 899. The molecule has 1 aromatic carbocycles. The summed E-state index contributed by atoms with van der Waals surface area (Å²) in [5, 5.41) is 19.7. The summed E-state index contributed by atoms with van der Waals surface area (Å²) in [6.45, 7) is 1.30. The van der Waals surface area contributed by atoms with E-state index < -0.39 is 27.9 Å². The highest BCUT2D eigenvalue weighted by Gasteiger charge is 2.35. The quantitative estimate of drug-likeness (QED) is 0.785. The summed E-state index contributed by atoms with van der Waals surface area (Å²) in [4.78, 5) is 11.0. The molecule has 11 heteroatoms. The molecule has 0 saturated heterocycles. The first-order valence-electron chi connectivity index (χ1n) is 6.90. The van der Waals surface area contributed by atoms with Gasteiger partial charge in [0.05, 0.1) is 11.8 Å². The monoisotopic (exact) mass is 372 g/mol. The molecule has 128 valence electrons. The third-order valence-electron chi connectivity index (χ3n) is 3.42. The fraction of sp³-hybridized carbons (Fsp3) is 0.308. The molecule has 2 heterocycles. The Morgan fingerprint density at radius 1 is 1.46 bits per heavy atom. The van der Waals surface area contributed by atoms with Gasteiger partial charge in [0.25, 0.3) is 14.4 Å². The number of aliphatic hydroxyl groups excluding tert-OH is 1. The molecule has 0 saturated carbocycles. The first-order chi connectivity index (χ1) is 11.3. The average Bonchev–Trinajstić information content (AvgIpc) is 2.96. The van der Waals surface area contributed by atoms with Gasteiger partial charge < -0.3 is 10.4 Å². The van der Waals surface area contributed by atoms with Crippen molar-refractivity contribution in [2.24, 2.45) is 0 Å². The van der Waals surface area contributed by atoms with Crippen molar-refractivity contribution >= 4 is 38.1 Å². The van der Waals surface area contributed by atoms with E-state index in [0.717, 1.165) is 27.8 Å². The molecule has 0 bridgehead atoms. The summed E-state index contributed by atoms with van der Waals surface area (Å²) in [6.07, 6.45) is -0.806. The number of fused-ring (bicyclic) bond motifs is 1. The van der Waals surface area contributed by atoms with E-state index in [1.54, 1.807) is 0 Å². The van der Waals surface area contributed by atoms with E-state index in [1.165, 1.54) is 13.0 Å². The van der Waals surface area contributed by atoms with Gasteiger partial charge in [-0.15, -0.1) is 10.2 Å². The van der Waals surface area contributed by atoms with E-state index in [2.05, 4.69) is 15.5 Å². The lowest BCUT2D eigenvalue weighted by molar-refractivity contribution is -0.114. The minimum absolute atomic E-state index is 0.0250. The van der Waals surface area contributed by atoms with Crippen LogP contribution in [-0.4, -0.2) is 36.2 Å². The number of hydrogen-bond donors (Lipinski definition) is 2. The highest BCUT2D eigenvalue weighted by Crippen LogP contribution is 2.38. The van der Waals surface area contributed by atoms with Gasteiger partial charge in [-0.3, -0.25) is 9.10 Å². The number of anilines is 2. The topological polar surface area (TPSA) is 112 Å². The van der Waals surface area contributed by atoms with Crippen molar-refractivity contribution in [3.8, 4) is 0 Å². The molecule has 1 amide bonds. The van der Waals surface area contributed by atoms with Crippen molar-refractivity contribution in [1.82, 2.24) is 10.2 Å². The summed E-state index contributed by atoms with van der Waals surface area (Å²) in [5.41, 5.74) is 0.405. The Morgan fingerprint density at radius 2 is 2.21 bits per heavy atom. The van der Waals surface area contributed by atoms with Gasteiger partial charge in [-0.05, 0) is 24.6 Å². The van der Waals surface area contributed by atoms with Crippen LogP contribution in [0.1, 0.15) is 25.0 Å². The summed E-state index contributed by atoms with van der Waals surface area (Å²) in [7, 11) is -4.03. The molecule has 8 nitrogen and oxygen atoms in total. The Labute approximate surface area is 141 Å². The second-order valence-electron chi connectivity index (χ2n) is 5.14. The Kier molecular flexibility index (Phi) is 4.24. The first kappa shape index (κ1) is 16.7. The van der Waals surface area contributed by atoms with E-state index in [0.29, 0.717) is 0 Å². The number of benzene rings is 1. The zero-order valence-electron chi connectivity index (χ0n) is 12.4. The number of aromatic nitrogens is 2. The molecule has 2 aromatic rings. The van der Waals surface area contributed by atoms with Crippen molar-refractivity contribution in [3.05, 3.63) is 29.6 Å². The number of nitrogens with one attached hydrogen (secondary N) is 1. The number of sulfonamides is 1. The van der Waals surface area contributed by atoms with Crippen molar-refractivity contribution < 1.29 is 22.7 Å². The summed E-state index contributed by atoms with van der Waals surface area (Å²) in [6, 6.07) is 3.55. The lowest BCUT2D eigenvalue weighted by Crippen LogP contribution is -2.36. The molecule has 24 heavy (non-hydrogen) atoms. The third kappa shape index (κ3) is 2.97. The number of carbonyl (C=O) groups excluding carboxylic acids is 1. The van der Waals surface area contributed by atoms with Crippen LogP contribution in [0.4, 0.5) is 15.2 Å². The number of amides is 1. The fourth-order valence-electron chi connectivity index (χ4n) is 2.39. The molecule has 1 aliphatic rings. The van der Waals surface area contributed by atoms with Crippen LogP contribution in [0.25, 0.3) is 0 Å². The van der Waals surface area contributed by atoms with Crippen molar-refractivity contribution in [3.63, 3.8) is 0 Å². The van der Waals surface area contributed by atoms with Crippen LogP contribution in [-0.2, 0) is 14.8 Å². The molecule has 3 rings (SSSR count). The molecule has 0 radical (unpaired) electrons. The molecular formula is C13H13FN4O4S2. The predicted molar refractivity (Wildman–Crippen MR) is 84.7 cm³/mol. The van der Waals surface area contributed by atoms with Crippen LogP contribution < -0.4 is 9.62 Å². The largest absolute Gasteiger partial charge is 0.388 e. The van der Waals surface area contributed by atoms with Crippen LogP contribution in [0, 0.1) is 5.82 Å². The van der Waals surface area contributed by atoms with Crippen molar-refractivity contribution in [2.45, 2.75) is 23.8 Å². The maximum absolute atomic E-state index is 13.4. The summed E-state index contributed by atoms with van der Waals surface area (Å²) in [5.74, 6) is -0.951. The van der Waals surface area contributed by atoms with E-state index in [9.17, 15) is 22.7 Å². The SMILES string of the molecule is CC(=O)Nc1nnc(S(=O)(=O)N2CCC(O)c3cc(F)ccc32)s1. The Morgan fingerprint density at radius 3 is 2.92 bits per heavy atom. The number of rotatable bonds is 3. The highest BCUT2D eigenvalue weighted by molar-refractivity contribution is 7.94. The van der Waals surface area contributed by atoms with Gasteiger partial charge in [0.1, 0.15) is 5.82 Å². The van der Waals surface area contributed by atoms with Crippen LogP contribution in [0.15, 0.2) is 22.5 Å². The van der Waals surface area contributed by atoms with E-state index in [4.69, 9.17) is 0 Å². The van der Waals surface area contributed by atoms with E-state index in [1.807, 2.05) is 0 Å². The zero-order valence-corrected chi connectivity index (χ0v) is 14.1. The third-order valence-corrected chi connectivity index (χ3v) is 6.42. The second-order valence-corrected chi connectivity index (χ2v) is 8.15. The van der Waals surface area contributed by atoms with Crippen LogP contribution in [0.5, 0.6) is 0 Å². The van der Waals surface area contributed by atoms with Gasteiger partial charge in [0.2, 0.25) is 11.0 Å². The predicted octanol–water partition coefficient (Wildman–Crippen LogP) is 1.27. The second kappa shape index (κ2) is 6.07. The molecule has 0 aliphatic carbocycles. The number of nitrogens with zero attached hydrogens (tertiary/aromatic N) is 3. The molecule has 1 aromatic heterocycles. The minimum atomic E-state index is -4.03. The van der Waals surface area contributed by atoms with Gasteiger partial charge in [-0.25, -0.2) is 4.39 Å². The molecule has 1 unspecified atom stereocenters.